The Balaban J connectivity index is 1.59. The Morgan fingerprint density at radius 1 is 1.40 bits per heavy atom. The summed E-state index contributed by atoms with van der Waals surface area (Å²) in [5.74, 6) is -4.96. The molecule has 1 spiro atoms. The van der Waals surface area contributed by atoms with Gasteiger partial charge in [-0.15, -0.1) is 0 Å². The van der Waals surface area contributed by atoms with E-state index in [9.17, 15) is 28.3 Å². The molecule has 3 atom stereocenters. The van der Waals surface area contributed by atoms with Crippen molar-refractivity contribution in [1.82, 2.24) is 14.8 Å². The summed E-state index contributed by atoms with van der Waals surface area (Å²) in [5.41, 5.74) is -2.95. The standard InChI is InChI=1S/C24H24F2N4O5/c1-12-8-24(35-28-12)6-5-13(2)29-11-18(24)30-10-16(20(31)21(32)19(30)23(29)34)22(33)27-9-14-3-4-15(25)7-17(14)26/h3-4,7,10,13,18,32H,5-6,8-9,11H2,1-2H3,(H,27,33)/t13-,18+,24-/m0/s1/i9D2,27+1. The first kappa shape index (κ1) is 20.6. The fraction of sp³-hybridized carbons (Fsp3) is 0.417. The highest BCUT2D eigenvalue weighted by molar-refractivity contribution is 5.99. The van der Waals surface area contributed by atoms with E-state index in [0.717, 1.165) is 24.0 Å². The highest BCUT2D eigenvalue weighted by atomic mass is 19.1. The Kier molecular flexibility index (Phi) is 4.81. The molecule has 5 rings (SSSR count). The average molecular weight is 489 g/mol. The van der Waals surface area contributed by atoms with Gasteiger partial charge in [0.15, 0.2) is 17.0 Å². The van der Waals surface area contributed by atoms with Gasteiger partial charge in [0.25, 0.3) is 11.8 Å². The number of aromatic hydroxyl groups is 1. The van der Waals surface area contributed by atoms with E-state index < -0.39 is 63.9 Å². The number of nitrogens with zero attached hydrogens (tertiary/aromatic N) is 3. The molecule has 3 aliphatic heterocycles. The van der Waals surface area contributed by atoms with Crippen LogP contribution in [0.1, 0.15) is 68.3 Å². The number of nitrogens with one attached hydrogen (secondary N) is 1. The first-order valence-electron chi connectivity index (χ1n) is 12.1. The Labute approximate surface area is 201 Å². The first-order valence-corrected chi connectivity index (χ1v) is 11.1. The van der Waals surface area contributed by atoms with Crippen LogP contribution in [-0.4, -0.2) is 50.3 Å². The molecule has 3 aliphatic rings. The molecule has 2 bridgehead atoms. The summed E-state index contributed by atoms with van der Waals surface area (Å²) >= 11 is 0. The van der Waals surface area contributed by atoms with Gasteiger partial charge in [0.1, 0.15) is 17.2 Å². The van der Waals surface area contributed by atoms with Crippen LogP contribution in [0, 0.1) is 11.6 Å². The average Bonchev–Trinajstić information content (AvgIpc) is 3.14. The zero-order valence-corrected chi connectivity index (χ0v) is 19.0. The lowest BCUT2D eigenvalue weighted by atomic mass is 9.84. The Hall–Kier alpha value is -3.76. The number of benzene rings is 1. The summed E-state index contributed by atoms with van der Waals surface area (Å²) in [6.45, 7) is 1.01. The molecule has 0 aliphatic carbocycles. The van der Waals surface area contributed by atoms with Crippen LogP contribution in [0.5, 0.6) is 5.75 Å². The van der Waals surface area contributed by atoms with Crippen LogP contribution in [-0.2, 0) is 11.3 Å². The van der Waals surface area contributed by atoms with E-state index in [1.807, 2.05) is 12.2 Å². The first-order chi connectivity index (χ1) is 17.3. The normalized spacial score (nSPS) is 26.3. The van der Waals surface area contributed by atoms with Crippen molar-refractivity contribution in [3.63, 3.8) is 0 Å². The molecule has 11 heteroatoms. The van der Waals surface area contributed by atoms with Crippen LogP contribution in [0.2, 0.25) is 0 Å². The van der Waals surface area contributed by atoms with Crippen LogP contribution in [0.25, 0.3) is 0 Å². The number of carbonyl (C=O) groups excluding carboxylic acids is 2. The largest absolute Gasteiger partial charge is 0.503 e. The molecule has 9 nitrogen and oxygen atoms in total. The summed E-state index contributed by atoms with van der Waals surface area (Å²) in [4.78, 5) is 46.8. The van der Waals surface area contributed by atoms with Gasteiger partial charge in [0, 0.05) is 43.3 Å². The Morgan fingerprint density at radius 3 is 2.86 bits per heavy atom. The molecule has 1 saturated heterocycles. The van der Waals surface area contributed by atoms with Crippen molar-refractivity contribution in [2.24, 2.45) is 5.16 Å². The van der Waals surface area contributed by atoms with Crippen LogP contribution >= 0.6 is 0 Å². The van der Waals surface area contributed by atoms with Gasteiger partial charge in [-0.25, -0.2) is 8.78 Å². The van der Waals surface area contributed by atoms with Crippen molar-refractivity contribution in [2.75, 3.05) is 6.54 Å². The van der Waals surface area contributed by atoms with Gasteiger partial charge in [-0.1, -0.05) is 11.2 Å². The molecule has 184 valence electrons. The topological polar surface area (TPSA) is 113 Å². The minimum Gasteiger partial charge on any atom is -0.503 e. The number of fused-ring (bicyclic) bond motifs is 5. The smallest absolute Gasteiger partial charge is 0.274 e. The lowest BCUT2D eigenvalue weighted by Crippen LogP contribution is -2.52. The van der Waals surface area contributed by atoms with Gasteiger partial charge in [-0.2, -0.15) is 0 Å². The van der Waals surface area contributed by atoms with Crippen molar-refractivity contribution in [2.45, 2.75) is 57.3 Å². The van der Waals surface area contributed by atoms with E-state index in [1.54, 1.807) is 11.8 Å². The number of hydrogen-bond donors (Lipinski definition) is 2. The van der Waals surface area contributed by atoms with E-state index in [4.69, 9.17) is 7.58 Å². The van der Waals surface area contributed by atoms with Gasteiger partial charge >= 0.3 is 0 Å². The van der Waals surface area contributed by atoms with Gasteiger partial charge in [0.05, 0.1) is 14.5 Å². The second kappa shape index (κ2) is 8.17. The maximum atomic E-state index is 14.2. The summed E-state index contributed by atoms with van der Waals surface area (Å²) < 4.78 is 45.1. The Bertz CT molecular complexity index is 1430. The SMILES string of the molecule is [2H]C([2H])([15NH]C(=O)c1cn2c(c(O)c1=O)C(=O)N1C[C@@H]2[C@]2(CC[C@@H]1C)CC(C)=NO2)c1ccc(F)cc1F. The lowest BCUT2D eigenvalue weighted by Gasteiger charge is -2.41. The number of rotatable bonds is 3. The molecule has 1 aromatic heterocycles. The quantitative estimate of drug-likeness (QED) is 0.644. The maximum absolute atomic E-state index is 14.2. The number of pyridine rings is 1. The van der Waals surface area contributed by atoms with E-state index in [-0.39, 0.29) is 18.3 Å². The predicted octanol–water partition coefficient (Wildman–Crippen LogP) is 2.48. The molecule has 2 aromatic rings. The minimum absolute atomic E-state index is 0.181. The monoisotopic (exact) mass is 489 g/mol. The van der Waals surface area contributed by atoms with Crippen LogP contribution in [0.15, 0.2) is 34.3 Å². The molecular weight excluding hydrogens is 463 g/mol. The molecule has 4 heterocycles. The molecule has 0 saturated carbocycles. The van der Waals surface area contributed by atoms with Crippen molar-refractivity contribution in [1.29, 1.82) is 0 Å². The highest BCUT2D eigenvalue weighted by Crippen LogP contribution is 2.46. The minimum atomic E-state index is -2.83. The van der Waals surface area contributed by atoms with Gasteiger partial charge in [-0.3, -0.25) is 14.4 Å². The summed E-state index contributed by atoms with van der Waals surface area (Å²) in [6, 6.07) is 1.32. The zero-order valence-electron chi connectivity index (χ0n) is 21.0. The number of oxime groups is 1. The fourth-order valence-electron chi connectivity index (χ4n) is 5.07. The maximum Gasteiger partial charge on any atom is 0.274 e. The fourth-order valence-corrected chi connectivity index (χ4v) is 5.07. The summed E-state index contributed by atoms with van der Waals surface area (Å²) in [5, 5.41) is 16.9. The third-order valence-corrected chi connectivity index (χ3v) is 6.93. The van der Waals surface area contributed by atoms with Gasteiger partial charge < -0.3 is 24.7 Å². The summed E-state index contributed by atoms with van der Waals surface area (Å²) in [6.07, 6.45) is 2.64. The summed E-state index contributed by atoms with van der Waals surface area (Å²) in [7, 11) is 0. The van der Waals surface area contributed by atoms with E-state index in [1.165, 1.54) is 4.57 Å². The van der Waals surface area contributed by atoms with Crippen LogP contribution in [0.4, 0.5) is 8.78 Å². The van der Waals surface area contributed by atoms with E-state index >= 15 is 0 Å². The number of amides is 2. The van der Waals surface area contributed by atoms with Gasteiger partial charge in [-0.05, 0) is 32.8 Å². The van der Waals surface area contributed by atoms with E-state index in [0.29, 0.717) is 25.3 Å². The molecule has 35 heavy (non-hydrogen) atoms. The zero-order chi connectivity index (χ0) is 26.9. The molecule has 1 fully saturated rings. The molecule has 2 amide bonds. The van der Waals surface area contributed by atoms with Crippen molar-refractivity contribution in [3.05, 3.63) is 63.1 Å². The van der Waals surface area contributed by atoms with E-state index in [2.05, 4.69) is 5.16 Å². The number of carbonyl (C=O) groups is 2. The second-order valence-corrected chi connectivity index (χ2v) is 9.20. The number of halogens is 2. The number of aromatic nitrogens is 1. The third kappa shape index (κ3) is 3.65. The molecule has 1 aromatic carbocycles. The highest BCUT2D eigenvalue weighted by Gasteiger charge is 2.53. The van der Waals surface area contributed by atoms with Crippen LogP contribution in [0.3, 0.4) is 0 Å². The van der Waals surface area contributed by atoms with Crippen LogP contribution < -0.4 is 10.7 Å². The molecule has 2 N–H and O–H groups in total. The second-order valence-electron chi connectivity index (χ2n) is 9.20. The third-order valence-electron chi connectivity index (χ3n) is 6.93. The van der Waals surface area contributed by atoms with Crippen molar-refractivity contribution >= 4 is 17.5 Å². The van der Waals surface area contributed by atoms with Crippen molar-refractivity contribution in [3.8, 4) is 5.75 Å². The molecule has 0 radical (unpaired) electrons. The van der Waals surface area contributed by atoms with Gasteiger partial charge in [0.2, 0.25) is 5.43 Å². The molecular formula is C24H24F2N4O5. The number of hydrogen-bond acceptors (Lipinski definition) is 6. The lowest BCUT2D eigenvalue weighted by molar-refractivity contribution is -0.0655. The Morgan fingerprint density at radius 2 is 2.17 bits per heavy atom. The predicted molar refractivity (Wildman–Crippen MR) is 120 cm³/mol. The molecule has 0 unspecified atom stereocenters. The van der Waals surface area contributed by atoms with Crippen molar-refractivity contribution < 1.29 is 31.1 Å².